The van der Waals surface area contributed by atoms with E-state index in [-0.39, 0.29) is 28.7 Å². The predicted octanol–water partition coefficient (Wildman–Crippen LogP) is 2.22. The molecule has 0 aliphatic rings. The standard InChI is InChI=1S/C19H22FN3O4S/c1-13(2)22-28(26,27)17-9-4-6-14(10-17)19(25)23(3)12-18(24)21-16-8-5-7-15(20)11-16/h4-11,13,22H,12H2,1-3H3,(H,21,24). The molecule has 0 fully saturated rings. The summed E-state index contributed by atoms with van der Waals surface area (Å²) in [5.74, 6) is -1.52. The fourth-order valence-corrected chi connectivity index (χ4v) is 3.75. The summed E-state index contributed by atoms with van der Waals surface area (Å²) in [6, 6.07) is 10.7. The van der Waals surface area contributed by atoms with Crippen molar-refractivity contribution in [2.45, 2.75) is 24.8 Å². The molecule has 2 aromatic carbocycles. The van der Waals surface area contributed by atoms with Crippen LogP contribution in [-0.2, 0) is 14.8 Å². The fourth-order valence-electron chi connectivity index (χ4n) is 2.45. The molecule has 2 N–H and O–H groups in total. The van der Waals surface area contributed by atoms with Gasteiger partial charge in [0.2, 0.25) is 15.9 Å². The van der Waals surface area contributed by atoms with E-state index in [4.69, 9.17) is 0 Å². The molecule has 150 valence electrons. The Balaban J connectivity index is 2.08. The number of halogens is 1. The van der Waals surface area contributed by atoms with Gasteiger partial charge in [0, 0.05) is 24.3 Å². The number of nitrogens with zero attached hydrogens (tertiary/aromatic N) is 1. The number of rotatable bonds is 7. The molecular formula is C19H22FN3O4S. The number of hydrogen-bond acceptors (Lipinski definition) is 4. The molecule has 0 spiro atoms. The van der Waals surface area contributed by atoms with Crippen molar-refractivity contribution in [3.63, 3.8) is 0 Å². The van der Waals surface area contributed by atoms with Gasteiger partial charge in [-0.3, -0.25) is 9.59 Å². The quantitative estimate of drug-likeness (QED) is 0.736. The van der Waals surface area contributed by atoms with Gasteiger partial charge in [0.05, 0.1) is 11.4 Å². The summed E-state index contributed by atoms with van der Waals surface area (Å²) in [6.45, 7) is 3.10. The van der Waals surface area contributed by atoms with Crippen LogP contribution in [0.4, 0.5) is 10.1 Å². The summed E-state index contributed by atoms with van der Waals surface area (Å²) in [5, 5.41) is 2.50. The van der Waals surface area contributed by atoms with Crippen LogP contribution in [0.5, 0.6) is 0 Å². The summed E-state index contributed by atoms with van der Waals surface area (Å²) in [4.78, 5) is 25.8. The zero-order valence-electron chi connectivity index (χ0n) is 15.8. The first-order valence-corrected chi connectivity index (χ1v) is 10.00. The normalized spacial score (nSPS) is 11.3. The summed E-state index contributed by atoms with van der Waals surface area (Å²) in [6.07, 6.45) is 0. The van der Waals surface area contributed by atoms with Crippen molar-refractivity contribution in [1.82, 2.24) is 9.62 Å². The molecule has 0 bridgehead atoms. The maximum absolute atomic E-state index is 13.2. The first-order valence-electron chi connectivity index (χ1n) is 8.52. The average Bonchev–Trinajstić information content (AvgIpc) is 2.60. The van der Waals surface area contributed by atoms with Crippen LogP contribution in [0.15, 0.2) is 53.4 Å². The second-order valence-electron chi connectivity index (χ2n) is 6.52. The molecule has 0 radical (unpaired) electrons. The molecule has 2 rings (SSSR count). The molecule has 0 saturated carbocycles. The molecule has 2 aromatic rings. The zero-order chi connectivity index (χ0) is 20.9. The van der Waals surface area contributed by atoms with E-state index in [1.807, 2.05) is 0 Å². The minimum absolute atomic E-state index is 0.0373. The summed E-state index contributed by atoms with van der Waals surface area (Å²) >= 11 is 0. The maximum atomic E-state index is 13.2. The predicted molar refractivity (Wildman–Crippen MR) is 104 cm³/mol. The first kappa shape index (κ1) is 21.5. The number of nitrogens with one attached hydrogen (secondary N) is 2. The van der Waals surface area contributed by atoms with Gasteiger partial charge in [0.1, 0.15) is 5.82 Å². The van der Waals surface area contributed by atoms with Crippen LogP contribution in [0.25, 0.3) is 0 Å². The lowest BCUT2D eigenvalue weighted by Gasteiger charge is -2.17. The second kappa shape index (κ2) is 8.94. The van der Waals surface area contributed by atoms with Gasteiger partial charge in [-0.15, -0.1) is 0 Å². The van der Waals surface area contributed by atoms with Gasteiger partial charge in [-0.1, -0.05) is 12.1 Å². The van der Waals surface area contributed by atoms with Gasteiger partial charge in [0.15, 0.2) is 0 Å². The number of benzene rings is 2. The van der Waals surface area contributed by atoms with Gasteiger partial charge in [0.25, 0.3) is 5.91 Å². The summed E-state index contributed by atoms with van der Waals surface area (Å²) in [5.41, 5.74) is 0.409. The minimum Gasteiger partial charge on any atom is -0.332 e. The van der Waals surface area contributed by atoms with E-state index in [2.05, 4.69) is 10.0 Å². The van der Waals surface area contributed by atoms with E-state index in [1.165, 1.54) is 49.5 Å². The Hall–Kier alpha value is -2.78. The van der Waals surface area contributed by atoms with Crippen molar-refractivity contribution in [3.8, 4) is 0 Å². The second-order valence-corrected chi connectivity index (χ2v) is 8.24. The number of likely N-dealkylation sites (N-methyl/N-ethyl adjacent to an activating group) is 1. The van der Waals surface area contributed by atoms with Crippen molar-refractivity contribution in [3.05, 3.63) is 59.9 Å². The van der Waals surface area contributed by atoms with Crippen molar-refractivity contribution in [2.24, 2.45) is 0 Å². The molecule has 9 heteroatoms. The first-order chi connectivity index (χ1) is 13.1. The Morgan fingerprint density at radius 2 is 1.79 bits per heavy atom. The van der Waals surface area contributed by atoms with E-state index in [0.717, 1.165) is 11.0 Å². The highest BCUT2D eigenvalue weighted by atomic mass is 32.2. The highest BCUT2D eigenvalue weighted by molar-refractivity contribution is 7.89. The third-order valence-electron chi connectivity index (χ3n) is 3.62. The third kappa shape index (κ3) is 5.86. The van der Waals surface area contributed by atoms with Crippen molar-refractivity contribution < 1.29 is 22.4 Å². The lowest BCUT2D eigenvalue weighted by Crippen LogP contribution is -2.35. The number of amides is 2. The Morgan fingerprint density at radius 3 is 2.43 bits per heavy atom. The lowest BCUT2D eigenvalue weighted by molar-refractivity contribution is -0.116. The van der Waals surface area contributed by atoms with E-state index >= 15 is 0 Å². The van der Waals surface area contributed by atoms with Crippen LogP contribution in [0.1, 0.15) is 24.2 Å². The van der Waals surface area contributed by atoms with Crippen LogP contribution < -0.4 is 10.0 Å². The largest absolute Gasteiger partial charge is 0.332 e. The van der Waals surface area contributed by atoms with Gasteiger partial charge in [-0.2, -0.15) is 0 Å². The van der Waals surface area contributed by atoms with Gasteiger partial charge in [-0.05, 0) is 50.2 Å². The Kier molecular flexibility index (Phi) is 6.87. The molecule has 0 saturated heterocycles. The van der Waals surface area contributed by atoms with E-state index in [0.29, 0.717) is 0 Å². The number of sulfonamides is 1. The molecule has 28 heavy (non-hydrogen) atoms. The highest BCUT2D eigenvalue weighted by Crippen LogP contribution is 2.14. The van der Waals surface area contributed by atoms with Gasteiger partial charge >= 0.3 is 0 Å². The number of carbonyl (C=O) groups is 2. The van der Waals surface area contributed by atoms with Crippen LogP contribution in [-0.4, -0.2) is 44.8 Å². The fraction of sp³-hybridized carbons (Fsp3) is 0.263. The molecule has 7 nitrogen and oxygen atoms in total. The molecule has 2 amide bonds. The van der Waals surface area contributed by atoms with Crippen LogP contribution in [0, 0.1) is 5.82 Å². The molecule has 0 aromatic heterocycles. The molecular weight excluding hydrogens is 385 g/mol. The monoisotopic (exact) mass is 407 g/mol. The SMILES string of the molecule is CC(C)NS(=O)(=O)c1cccc(C(=O)N(C)CC(=O)Nc2cccc(F)c2)c1. The van der Waals surface area contributed by atoms with Crippen molar-refractivity contribution in [1.29, 1.82) is 0 Å². The molecule has 0 heterocycles. The molecule has 0 unspecified atom stereocenters. The van der Waals surface area contributed by atoms with Crippen LogP contribution in [0.2, 0.25) is 0 Å². The van der Waals surface area contributed by atoms with Crippen LogP contribution >= 0.6 is 0 Å². The molecule has 0 aliphatic carbocycles. The molecule has 0 atom stereocenters. The van der Waals surface area contributed by atoms with Gasteiger partial charge < -0.3 is 10.2 Å². The number of anilines is 1. The lowest BCUT2D eigenvalue weighted by atomic mass is 10.2. The maximum Gasteiger partial charge on any atom is 0.254 e. The summed E-state index contributed by atoms with van der Waals surface area (Å²) in [7, 11) is -2.33. The number of carbonyl (C=O) groups excluding carboxylic acids is 2. The van der Waals surface area contributed by atoms with Crippen LogP contribution in [0.3, 0.4) is 0 Å². The van der Waals surface area contributed by atoms with Crippen molar-refractivity contribution in [2.75, 3.05) is 18.9 Å². The Morgan fingerprint density at radius 1 is 1.11 bits per heavy atom. The van der Waals surface area contributed by atoms with E-state index in [9.17, 15) is 22.4 Å². The van der Waals surface area contributed by atoms with Gasteiger partial charge in [-0.25, -0.2) is 17.5 Å². The van der Waals surface area contributed by atoms with Crippen molar-refractivity contribution >= 4 is 27.5 Å². The number of hydrogen-bond donors (Lipinski definition) is 2. The minimum atomic E-state index is -3.74. The third-order valence-corrected chi connectivity index (χ3v) is 5.27. The van der Waals surface area contributed by atoms with E-state index < -0.39 is 27.7 Å². The highest BCUT2D eigenvalue weighted by Gasteiger charge is 2.20. The zero-order valence-corrected chi connectivity index (χ0v) is 16.6. The van der Waals surface area contributed by atoms with E-state index in [1.54, 1.807) is 13.8 Å². The topological polar surface area (TPSA) is 95.6 Å². The average molecular weight is 407 g/mol. The smallest absolute Gasteiger partial charge is 0.254 e. The Labute approximate surface area is 163 Å². The Bertz CT molecular complexity index is 977. The molecule has 0 aliphatic heterocycles. The summed E-state index contributed by atoms with van der Waals surface area (Å²) < 4.78 is 40.2.